The topological polar surface area (TPSA) is 74.6 Å². The maximum absolute atomic E-state index is 11.8. The number of thioether (sulfide) groups is 1. The summed E-state index contributed by atoms with van der Waals surface area (Å²) in [6, 6.07) is 4.85. The number of ketones is 1. The van der Waals surface area contributed by atoms with Crippen molar-refractivity contribution in [3.05, 3.63) is 29.3 Å². The van der Waals surface area contributed by atoms with Crippen LogP contribution in [-0.4, -0.2) is 28.2 Å². The number of aliphatic hydroxyl groups is 1. The summed E-state index contributed by atoms with van der Waals surface area (Å²) >= 11 is 1.36. The predicted molar refractivity (Wildman–Crippen MR) is 65.4 cm³/mol. The molecule has 2 N–H and O–H groups in total. The van der Waals surface area contributed by atoms with E-state index >= 15 is 0 Å². The largest absolute Gasteiger partial charge is 0.479 e. The van der Waals surface area contributed by atoms with Crippen LogP contribution in [0.15, 0.2) is 23.1 Å². The van der Waals surface area contributed by atoms with E-state index < -0.39 is 12.1 Å². The van der Waals surface area contributed by atoms with Gasteiger partial charge in [0, 0.05) is 22.4 Å². The number of aliphatic carboxylic acids is 1. The Labute approximate surface area is 104 Å². The molecule has 0 aliphatic heterocycles. The van der Waals surface area contributed by atoms with Crippen molar-refractivity contribution in [3.8, 4) is 0 Å². The van der Waals surface area contributed by atoms with Crippen LogP contribution in [0.5, 0.6) is 0 Å². The first-order chi connectivity index (χ1) is 8.02. The molecule has 0 radical (unpaired) electrons. The zero-order valence-electron chi connectivity index (χ0n) is 9.64. The average Bonchev–Trinajstić information content (AvgIpc) is 2.35. The molecule has 0 bridgehead atoms. The molecule has 4 nitrogen and oxygen atoms in total. The highest BCUT2D eigenvalue weighted by molar-refractivity contribution is 7.98. The van der Waals surface area contributed by atoms with Crippen LogP contribution in [0.4, 0.5) is 0 Å². The van der Waals surface area contributed by atoms with Gasteiger partial charge in [0.2, 0.25) is 0 Å². The maximum Gasteiger partial charge on any atom is 0.337 e. The van der Waals surface area contributed by atoms with Crippen LogP contribution >= 0.6 is 11.8 Å². The van der Waals surface area contributed by atoms with E-state index in [1.807, 2.05) is 0 Å². The van der Waals surface area contributed by atoms with Gasteiger partial charge >= 0.3 is 5.97 Å². The molecule has 5 heteroatoms. The minimum Gasteiger partial charge on any atom is -0.479 e. The Morgan fingerprint density at radius 3 is 2.53 bits per heavy atom. The second-order valence-corrected chi connectivity index (χ2v) is 4.29. The Balaban J connectivity index is 3.38. The number of benzene rings is 1. The summed E-state index contributed by atoms with van der Waals surface area (Å²) in [6.45, 7) is 1.70. The summed E-state index contributed by atoms with van der Waals surface area (Å²) in [6.07, 6.45) is 0.419. The highest BCUT2D eigenvalue weighted by Crippen LogP contribution is 2.28. The molecule has 0 heterocycles. The first-order valence-electron chi connectivity index (χ1n) is 5.13. The fraction of sp³-hybridized carbons (Fsp3) is 0.333. The minimum absolute atomic E-state index is 0.162. The van der Waals surface area contributed by atoms with Crippen molar-refractivity contribution in [3.63, 3.8) is 0 Å². The SMILES string of the molecule is CCC(=O)c1c(SC)cccc1C(O)C(=O)O. The van der Waals surface area contributed by atoms with Crippen molar-refractivity contribution in [1.29, 1.82) is 0 Å². The van der Waals surface area contributed by atoms with Gasteiger partial charge in [0.15, 0.2) is 11.9 Å². The molecular formula is C12H14O4S. The van der Waals surface area contributed by atoms with Gasteiger partial charge in [0.05, 0.1) is 0 Å². The normalized spacial score (nSPS) is 12.2. The van der Waals surface area contributed by atoms with Gasteiger partial charge in [0.25, 0.3) is 0 Å². The van der Waals surface area contributed by atoms with Gasteiger partial charge < -0.3 is 10.2 Å². The number of rotatable bonds is 5. The van der Waals surface area contributed by atoms with Crippen LogP contribution in [0.3, 0.4) is 0 Å². The highest BCUT2D eigenvalue weighted by atomic mass is 32.2. The van der Waals surface area contributed by atoms with Crippen molar-refractivity contribution in [2.75, 3.05) is 6.26 Å². The molecule has 17 heavy (non-hydrogen) atoms. The standard InChI is InChI=1S/C12H14O4S/c1-3-8(13)10-7(11(14)12(15)16)5-4-6-9(10)17-2/h4-6,11,14H,3H2,1-2H3,(H,15,16). The van der Waals surface area contributed by atoms with E-state index in [0.29, 0.717) is 10.5 Å². The lowest BCUT2D eigenvalue weighted by Gasteiger charge is -2.14. The highest BCUT2D eigenvalue weighted by Gasteiger charge is 2.24. The number of carbonyl (C=O) groups is 2. The van der Waals surface area contributed by atoms with Crippen molar-refractivity contribution in [2.24, 2.45) is 0 Å². The fourth-order valence-electron chi connectivity index (χ4n) is 1.55. The van der Waals surface area contributed by atoms with Gasteiger partial charge in [-0.1, -0.05) is 19.1 Å². The minimum atomic E-state index is -1.66. The lowest BCUT2D eigenvalue weighted by atomic mass is 9.98. The van der Waals surface area contributed by atoms with Crippen molar-refractivity contribution >= 4 is 23.5 Å². The fourth-order valence-corrected chi connectivity index (χ4v) is 2.20. The van der Waals surface area contributed by atoms with Crippen LogP contribution in [0.2, 0.25) is 0 Å². The van der Waals surface area contributed by atoms with Crippen molar-refractivity contribution in [2.45, 2.75) is 24.3 Å². The smallest absolute Gasteiger partial charge is 0.337 e. The zero-order valence-corrected chi connectivity index (χ0v) is 10.5. The maximum atomic E-state index is 11.8. The van der Waals surface area contributed by atoms with Gasteiger partial charge in [-0.05, 0) is 12.3 Å². The number of carbonyl (C=O) groups excluding carboxylic acids is 1. The molecule has 0 saturated carbocycles. The lowest BCUT2D eigenvalue weighted by molar-refractivity contribution is -0.146. The molecular weight excluding hydrogens is 240 g/mol. The molecule has 0 aliphatic rings. The summed E-state index contributed by atoms with van der Waals surface area (Å²) in [4.78, 5) is 23.3. The van der Waals surface area contributed by atoms with Crippen molar-refractivity contribution < 1.29 is 19.8 Å². The molecule has 0 aromatic heterocycles. The third kappa shape index (κ3) is 2.87. The molecule has 0 aliphatic carbocycles. The zero-order chi connectivity index (χ0) is 13.0. The van der Waals surface area contributed by atoms with Gasteiger partial charge in [-0.25, -0.2) is 4.79 Å². The summed E-state index contributed by atoms with van der Waals surface area (Å²) in [5.41, 5.74) is 0.480. The van der Waals surface area contributed by atoms with Gasteiger partial charge in [0.1, 0.15) is 0 Å². The third-order valence-electron chi connectivity index (χ3n) is 2.41. The van der Waals surface area contributed by atoms with Crippen LogP contribution in [0, 0.1) is 0 Å². The molecule has 0 saturated heterocycles. The Kier molecular flexibility index (Phi) is 4.72. The van der Waals surface area contributed by atoms with Gasteiger partial charge in [-0.2, -0.15) is 0 Å². The molecule has 1 aromatic rings. The second kappa shape index (κ2) is 5.84. The summed E-state index contributed by atoms with van der Waals surface area (Å²) < 4.78 is 0. The van der Waals surface area contributed by atoms with Crippen molar-refractivity contribution in [1.82, 2.24) is 0 Å². The summed E-state index contributed by atoms with van der Waals surface area (Å²) in [5, 5.41) is 18.4. The number of hydrogen-bond acceptors (Lipinski definition) is 4. The van der Waals surface area contributed by atoms with E-state index in [-0.39, 0.29) is 17.8 Å². The van der Waals surface area contributed by atoms with E-state index in [4.69, 9.17) is 5.11 Å². The first-order valence-corrected chi connectivity index (χ1v) is 6.36. The van der Waals surface area contributed by atoms with E-state index in [1.165, 1.54) is 17.8 Å². The van der Waals surface area contributed by atoms with Crippen LogP contribution in [0.1, 0.15) is 35.4 Å². The average molecular weight is 254 g/mol. The van der Waals surface area contributed by atoms with Crippen LogP contribution < -0.4 is 0 Å². The molecule has 0 fully saturated rings. The third-order valence-corrected chi connectivity index (χ3v) is 3.19. The Bertz CT molecular complexity index is 442. The number of aliphatic hydroxyl groups excluding tert-OH is 1. The lowest BCUT2D eigenvalue weighted by Crippen LogP contribution is -2.15. The van der Waals surface area contributed by atoms with E-state index in [2.05, 4.69) is 0 Å². The summed E-state index contributed by atoms with van der Waals surface area (Å²) in [5.74, 6) is -1.52. The van der Waals surface area contributed by atoms with Gasteiger partial charge in [-0.15, -0.1) is 11.8 Å². The number of hydrogen-bond donors (Lipinski definition) is 2. The molecule has 92 valence electrons. The molecule has 1 aromatic carbocycles. The molecule has 0 amide bonds. The summed E-state index contributed by atoms with van der Waals surface area (Å²) in [7, 11) is 0. The molecule has 1 atom stereocenters. The van der Waals surface area contributed by atoms with Gasteiger partial charge in [-0.3, -0.25) is 4.79 Å². The Morgan fingerprint density at radius 1 is 1.41 bits per heavy atom. The monoisotopic (exact) mass is 254 g/mol. The number of carboxylic acid groups (broad SMARTS) is 1. The number of carboxylic acids is 1. The predicted octanol–water partition coefficient (Wildman–Crippen LogP) is 2.12. The molecule has 1 unspecified atom stereocenters. The van der Waals surface area contributed by atoms with Crippen LogP contribution in [0.25, 0.3) is 0 Å². The van der Waals surface area contributed by atoms with E-state index in [1.54, 1.807) is 25.3 Å². The molecule has 1 rings (SSSR count). The Hall–Kier alpha value is -1.33. The van der Waals surface area contributed by atoms with E-state index in [0.717, 1.165) is 0 Å². The first kappa shape index (κ1) is 13.7. The number of Topliss-reactive ketones (excluding diaryl/α,β-unsaturated/α-hetero) is 1. The van der Waals surface area contributed by atoms with Crippen LogP contribution in [-0.2, 0) is 4.79 Å². The Morgan fingerprint density at radius 2 is 2.06 bits per heavy atom. The second-order valence-electron chi connectivity index (χ2n) is 3.44. The molecule has 0 spiro atoms. The quantitative estimate of drug-likeness (QED) is 0.622. The van der Waals surface area contributed by atoms with E-state index in [9.17, 15) is 14.7 Å².